The molecule has 3 heteroatoms. The number of nitrogens with zero attached hydrogens (tertiary/aromatic N) is 2. The first-order chi connectivity index (χ1) is 9.86. The van der Waals surface area contributed by atoms with Gasteiger partial charge in [-0.2, -0.15) is 0 Å². The zero-order valence-electron chi connectivity index (χ0n) is 10.7. The van der Waals surface area contributed by atoms with Crippen molar-refractivity contribution in [1.29, 1.82) is 0 Å². The summed E-state index contributed by atoms with van der Waals surface area (Å²) < 4.78 is 0. The van der Waals surface area contributed by atoms with Crippen molar-refractivity contribution in [1.82, 2.24) is 9.97 Å². The normalized spacial score (nSPS) is 10.2. The van der Waals surface area contributed by atoms with E-state index < -0.39 is 0 Å². The molecule has 1 aromatic heterocycles. The maximum absolute atomic E-state index is 10.7. The second-order valence-corrected chi connectivity index (χ2v) is 4.39. The van der Waals surface area contributed by atoms with E-state index >= 15 is 0 Å². The summed E-state index contributed by atoms with van der Waals surface area (Å²) in [7, 11) is 0. The third-order valence-electron chi connectivity index (χ3n) is 3.10. The number of aldehydes is 1. The SMILES string of the molecule is O=Cc1cc(-c2ccc(-c3ccccc3)cc2)ncn1. The standard InChI is InChI=1S/C17H12N2O/c20-11-16-10-17(19-12-18-16)15-8-6-14(7-9-15)13-4-2-1-3-5-13/h1-12H. The molecule has 0 spiro atoms. The molecule has 3 rings (SSSR count). The highest BCUT2D eigenvalue weighted by Gasteiger charge is 2.02. The maximum atomic E-state index is 10.7. The van der Waals surface area contributed by atoms with Gasteiger partial charge in [0.15, 0.2) is 6.29 Å². The number of carbonyl (C=O) groups excluding carboxylic acids is 1. The van der Waals surface area contributed by atoms with Gasteiger partial charge in [-0.15, -0.1) is 0 Å². The van der Waals surface area contributed by atoms with E-state index in [2.05, 4.69) is 22.1 Å². The number of benzene rings is 2. The molecule has 0 unspecified atom stereocenters. The van der Waals surface area contributed by atoms with Gasteiger partial charge in [0.25, 0.3) is 0 Å². The van der Waals surface area contributed by atoms with Gasteiger partial charge in [-0.3, -0.25) is 4.79 Å². The molecule has 96 valence electrons. The Morgan fingerprint density at radius 2 is 1.40 bits per heavy atom. The smallest absolute Gasteiger partial charge is 0.168 e. The van der Waals surface area contributed by atoms with Crippen molar-refractivity contribution in [3.63, 3.8) is 0 Å². The summed E-state index contributed by atoms with van der Waals surface area (Å²) in [4.78, 5) is 18.8. The molecule has 0 N–H and O–H groups in total. The maximum Gasteiger partial charge on any atom is 0.168 e. The van der Waals surface area contributed by atoms with Crippen molar-refractivity contribution in [2.45, 2.75) is 0 Å². The molecule has 0 amide bonds. The lowest BCUT2D eigenvalue weighted by molar-refractivity contribution is 0.111. The Morgan fingerprint density at radius 3 is 2.10 bits per heavy atom. The Kier molecular flexibility index (Phi) is 3.33. The molecule has 3 aromatic rings. The van der Waals surface area contributed by atoms with Crippen LogP contribution in [0, 0.1) is 0 Å². The minimum atomic E-state index is 0.391. The molecular formula is C17H12N2O. The van der Waals surface area contributed by atoms with Crippen molar-refractivity contribution in [2.24, 2.45) is 0 Å². The largest absolute Gasteiger partial charge is 0.296 e. The number of aromatic nitrogens is 2. The summed E-state index contributed by atoms with van der Waals surface area (Å²) in [5, 5.41) is 0. The molecule has 2 aromatic carbocycles. The van der Waals surface area contributed by atoms with E-state index in [-0.39, 0.29) is 0 Å². The van der Waals surface area contributed by atoms with Crippen LogP contribution in [0.1, 0.15) is 10.5 Å². The Hall–Kier alpha value is -2.81. The zero-order chi connectivity index (χ0) is 13.8. The van der Waals surface area contributed by atoms with Crippen molar-refractivity contribution < 1.29 is 4.79 Å². The quantitative estimate of drug-likeness (QED) is 0.675. The molecule has 3 nitrogen and oxygen atoms in total. The van der Waals surface area contributed by atoms with E-state index in [1.54, 1.807) is 6.07 Å². The van der Waals surface area contributed by atoms with Crippen LogP contribution in [0.15, 0.2) is 67.0 Å². The predicted molar refractivity (Wildman–Crippen MR) is 78.3 cm³/mol. The van der Waals surface area contributed by atoms with Crippen molar-refractivity contribution in [3.05, 3.63) is 72.7 Å². The molecule has 1 heterocycles. The molecule has 0 radical (unpaired) electrons. The summed E-state index contributed by atoms with van der Waals surface area (Å²) in [5.41, 5.74) is 4.44. The van der Waals surface area contributed by atoms with Gasteiger partial charge >= 0.3 is 0 Å². The molecule has 20 heavy (non-hydrogen) atoms. The molecule has 0 atom stereocenters. The Morgan fingerprint density at radius 1 is 0.750 bits per heavy atom. The van der Waals surface area contributed by atoms with Crippen LogP contribution in [0.2, 0.25) is 0 Å². The van der Waals surface area contributed by atoms with Gasteiger partial charge in [-0.25, -0.2) is 9.97 Å². The van der Waals surface area contributed by atoms with E-state index in [0.29, 0.717) is 5.69 Å². The fourth-order valence-electron chi connectivity index (χ4n) is 2.06. The molecule has 0 bridgehead atoms. The van der Waals surface area contributed by atoms with Gasteiger partial charge < -0.3 is 0 Å². The monoisotopic (exact) mass is 260 g/mol. The van der Waals surface area contributed by atoms with Crippen LogP contribution in [0.4, 0.5) is 0 Å². The van der Waals surface area contributed by atoms with Gasteiger partial charge in [0.1, 0.15) is 12.0 Å². The summed E-state index contributed by atoms with van der Waals surface area (Å²) in [6, 6.07) is 20.0. The average Bonchev–Trinajstić information content (AvgIpc) is 2.56. The molecule has 0 saturated heterocycles. The fourth-order valence-corrected chi connectivity index (χ4v) is 2.06. The summed E-state index contributed by atoms with van der Waals surface area (Å²) in [6.07, 6.45) is 2.13. The van der Waals surface area contributed by atoms with Crippen molar-refractivity contribution >= 4 is 6.29 Å². The van der Waals surface area contributed by atoms with Crippen molar-refractivity contribution in [2.75, 3.05) is 0 Å². The molecular weight excluding hydrogens is 248 g/mol. The fraction of sp³-hybridized carbons (Fsp3) is 0. The summed E-state index contributed by atoms with van der Waals surface area (Å²) >= 11 is 0. The molecule has 0 aliphatic heterocycles. The number of carbonyl (C=O) groups is 1. The summed E-state index contributed by atoms with van der Waals surface area (Å²) in [6.45, 7) is 0. The van der Waals surface area contributed by atoms with E-state index in [1.807, 2.05) is 42.5 Å². The summed E-state index contributed by atoms with van der Waals surface area (Å²) in [5.74, 6) is 0. The number of hydrogen-bond donors (Lipinski definition) is 0. The first-order valence-electron chi connectivity index (χ1n) is 6.30. The number of hydrogen-bond acceptors (Lipinski definition) is 3. The van der Waals surface area contributed by atoms with Gasteiger partial charge in [0.05, 0.1) is 5.69 Å². The predicted octanol–water partition coefficient (Wildman–Crippen LogP) is 3.62. The topological polar surface area (TPSA) is 42.9 Å². The van der Waals surface area contributed by atoms with Crippen molar-refractivity contribution in [3.8, 4) is 22.4 Å². The Bertz CT molecular complexity index is 721. The molecule has 0 fully saturated rings. The lowest BCUT2D eigenvalue weighted by atomic mass is 10.0. The van der Waals surface area contributed by atoms with Crippen LogP contribution < -0.4 is 0 Å². The second-order valence-electron chi connectivity index (χ2n) is 4.39. The van der Waals surface area contributed by atoms with Crippen LogP contribution in [0.25, 0.3) is 22.4 Å². The van der Waals surface area contributed by atoms with Gasteiger partial charge in [0, 0.05) is 5.56 Å². The number of rotatable bonds is 3. The minimum absolute atomic E-state index is 0.391. The highest BCUT2D eigenvalue weighted by atomic mass is 16.1. The van der Waals surface area contributed by atoms with Gasteiger partial charge in [-0.1, -0.05) is 54.6 Å². The van der Waals surface area contributed by atoms with Crippen LogP contribution in [0.5, 0.6) is 0 Å². The highest BCUT2D eigenvalue weighted by molar-refractivity contribution is 5.75. The van der Waals surface area contributed by atoms with E-state index in [4.69, 9.17) is 0 Å². The first-order valence-corrected chi connectivity index (χ1v) is 6.30. The van der Waals surface area contributed by atoms with E-state index in [0.717, 1.165) is 23.1 Å². The highest BCUT2D eigenvalue weighted by Crippen LogP contribution is 2.23. The minimum Gasteiger partial charge on any atom is -0.296 e. The molecule has 0 saturated carbocycles. The molecule has 0 aliphatic rings. The van der Waals surface area contributed by atoms with E-state index in [1.165, 1.54) is 11.9 Å². The Balaban J connectivity index is 1.95. The van der Waals surface area contributed by atoms with E-state index in [9.17, 15) is 4.79 Å². The van der Waals surface area contributed by atoms with Gasteiger partial charge in [-0.05, 0) is 17.2 Å². The Labute approximate surface area is 117 Å². The van der Waals surface area contributed by atoms with Crippen LogP contribution >= 0.6 is 0 Å². The van der Waals surface area contributed by atoms with Crippen LogP contribution in [-0.2, 0) is 0 Å². The van der Waals surface area contributed by atoms with Gasteiger partial charge in [0.2, 0.25) is 0 Å². The zero-order valence-corrected chi connectivity index (χ0v) is 10.7. The third kappa shape index (κ3) is 2.47. The first kappa shape index (κ1) is 12.2. The average molecular weight is 260 g/mol. The third-order valence-corrected chi connectivity index (χ3v) is 3.10. The van der Waals surface area contributed by atoms with Crippen LogP contribution in [0.3, 0.4) is 0 Å². The molecule has 0 aliphatic carbocycles. The lowest BCUT2D eigenvalue weighted by Gasteiger charge is -2.04. The van der Waals surface area contributed by atoms with Crippen LogP contribution in [-0.4, -0.2) is 16.3 Å². The second kappa shape index (κ2) is 5.45. The lowest BCUT2D eigenvalue weighted by Crippen LogP contribution is -1.91.